The molecule has 1 saturated heterocycles. The van der Waals surface area contributed by atoms with Gasteiger partial charge in [-0.05, 0) is 40.5 Å². The molecule has 1 unspecified atom stereocenters. The molecule has 0 radical (unpaired) electrons. The number of ketones is 1. The van der Waals surface area contributed by atoms with E-state index in [1.165, 1.54) is 4.90 Å². The zero-order valence-corrected chi connectivity index (χ0v) is 13.3. The van der Waals surface area contributed by atoms with Gasteiger partial charge >= 0.3 is 12.1 Å². The van der Waals surface area contributed by atoms with E-state index in [1.54, 1.807) is 27.7 Å². The summed E-state index contributed by atoms with van der Waals surface area (Å²) in [6.45, 7) is 7.60. The average Bonchev–Trinajstić information content (AvgIpc) is 2.31. The molecular weight excluding hydrogens is 274 g/mol. The van der Waals surface area contributed by atoms with Gasteiger partial charge in [-0.25, -0.2) is 9.59 Å². The van der Waals surface area contributed by atoms with E-state index in [0.717, 1.165) is 0 Å². The molecule has 0 saturated carbocycles. The second-order valence-corrected chi connectivity index (χ2v) is 6.12. The highest BCUT2D eigenvalue weighted by atomic mass is 16.6. The third kappa shape index (κ3) is 5.73. The van der Waals surface area contributed by atoms with Crippen LogP contribution in [0.2, 0.25) is 0 Å². The Morgan fingerprint density at radius 2 is 1.95 bits per heavy atom. The molecule has 0 aliphatic carbocycles. The maximum absolute atomic E-state index is 12.3. The summed E-state index contributed by atoms with van der Waals surface area (Å²) >= 11 is 0. The fourth-order valence-corrected chi connectivity index (χ4v) is 2.20. The minimum Gasteiger partial charge on any atom is -0.464 e. The first-order valence-corrected chi connectivity index (χ1v) is 7.42. The standard InChI is InChI=1S/C15H25NO5/c1-5-20-13(18)12-9-8-11(17)7-6-10-16(12)14(19)21-15(2,3)4/h12H,5-10H2,1-4H3. The highest BCUT2D eigenvalue weighted by molar-refractivity contribution is 5.84. The number of ether oxygens (including phenoxy) is 2. The number of hydrogen-bond acceptors (Lipinski definition) is 5. The summed E-state index contributed by atoms with van der Waals surface area (Å²) in [6, 6.07) is -0.746. The second kappa shape index (κ2) is 7.43. The molecule has 1 aliphatic rings. The number of Topliss-reactive ketones (excluding diaryl/α,β-unsaturated/α-hetero) is 1. The smallest absolute Gasteiger partial charge is 0.411 e. The third-order valence-electron chi connectivity index (χ3n) is 3.11. The zero-order chi connectivity index (χ0) is 16.0. The first kappa shape index (κ1) is 17.5. The average molecular weight is 299 g/mol. The lowest BCUT2D eigenvalue weighted by Crippen LogP contribution is -2.49. The summed E-state index contributed by atoms with van der Waals surface area (Å²) in [5, 5.41) is 0. The molecule has 0 N–H and O–H groups in total. The van der Waals surface area contributed by atoms with E-state index in [9.17, 15) is 14.4 Å². The van der Waals surface area contributed by atoms with Crippen molar-refractivity contribution in [1.82, 2.24) is 4.90 Å². The molecule has 0 spiro atoms. The van der Waals surface area contributed by atoms with Crippen LogP contribution in [0.15, 0.2) is 0 Å². The van der Waals surface area contributed by atoms with Gasteiger partial charge in [-0.3, -0.25) is 9.69 Å². The Morgan fingerprint density at radius 1 is 1.29 bits per heavy atom. The molecule has 1 amide bonds. The maximum Gasteiger partial charge on any atom is 0.411 e. The number of nitrogens with zero attached hydrogens (tertiary/aromatic N) is 1. The van der Waals surface area contributed by atoms with E-state index in [0.29, 0.717) is 19.4 Å². The minimum absolute atomic E-state index is 0.119. The normalized spacial score (nSPS) is 20.5. The number of rotatable bonds is 2. The van der Waals surface area contributed by atoms with Gasteiger partial charge in [0.1, 0.15) is 17.4 Å². The van der Waals surface area contributed by atoms with Crippen molar-refractivity contribution in [1.29, 1.82) is 0 Å². The number of carbonyl (C=O) groups excluding carboxylic acids is 3. The molecule has 1 heterocycles. The van der Waals surface area contributed by atoms with Crippen molar-refractivity contribution in [2.75, 3.05) is 13.2 Å². The monoisotopic (exact) mass is 299 g/mol. The first-order chi connectivity index (χ1) is 9.74. The summed E-state index contributed by atoms with van der Waals surface area (Å²) in [5.74, 6) is -0.355. The second-order valence-electron chi connectivity index (χ2n) is 6.12. The Kier molecular flexibility index (Phi) is 6.18. The molecule has 1 rings (SSSR count). The molecule has 1 atom stereocenters. The number of amides is 1. The summed E-state index contributed by atoms with van der Waals surface area (Å²) < 4.78 is 10.4. The number of carbonyl (C=O) groups is 3. The van der Waals surface area contributed by atoms with Gasteiger partial charge in [0.25, 0.3) is 0 Å². The molecular formula is C15H25NO5. The van der Waals surface area contributed by atoms with Gasteiger partial charge in [-0.1, -0.05) is 0 Å². The SMILES string of the molecule is CCOC(=O)C1CCC(=O)CCCN1C(=O)OC(C)(C)C. The topological polar surface area (TPSA) is 72.9 Å². The fourth-order valence-electron chi connectivity index (χ4n) is 2.20. The van der Waals surface area contributed by atoms with Crippen molar-refractivity contribution in [3.63, 3.8) is 0 Å². The van der Waals surface area contributed by atoms with E-state index < -0.39 is 23.7 Å². The lowest BCUT2D eigenvalue weighted by Gasteiger charge is -2.33. The van der Waals surface area contributed by atoms with Crippen molar-refractivity contribution in [2.24, 2.45) is 0 Å². The highest BCUT2D eigenvalue weighted by Gasteiger charge is 2.35. The van der Waals surface area contributed by atoms with Crippen molar-refractivity contribution in [2.45, 2.75) is 65.0 Å². The minimum atomic E-state index is -0.746. The Morgan fingerprint density at radius 3 is 2.52 bits per heavy atom. The van der Waals surface area contributed by atoms with Gasteiger partial charge in [-0.15, -0.1) is 0 Å². The van der Waals surface area contributed by atoms with Gasteiger partial charge in [0.05, 0.1) is 6.61 Å². The molecule has 21 heavy (non-hydrogen) atoms. The number of esters is 1. The van der Waals surface area contributed by atoms with Crippen LogP contribution in [0.1, 0.15) is 53.4 Å². The van der Waals surface area contributed by atoms with Gasteiger partial charge in [0.2, 0.25) is 0 Å². The van der Waals surface area contributed by atoms with E-state index in [-0.39, 0.29) is 25.2 Å². The van der Waals surface area contributed by atoms with E-state index in [1.807, 2.05) is 0 Å². The van der Waals surface area contributed by atoms with Crippen LogP contribution < -0.4 is 0 Å². The van der Waals surface area contributed by atoms with Gasteiger partial charge in [0.15, 0.2) is 0 Å². The fraction of sp³-hybridized carbons (Fsp3) is 0.800. The summed E-state index contributed by atoms with van der Waals surface area (Å²) in [6.07, 6.45) is 0.998. The summed E-state index contributed by atoms with van der Waals surface area (Å²) in [4.78, 5) is 37.3. The molecule has 6 heteroatoms. The van der Waals surface area contributed by atoms with Crippen LogP contribution in [0.3, 0.4) is 0 Å². The van der Waals surface area contributed by atoms with Gasteiger partial charge in [-0.2, -0.15) is 0 Å². The van der Waals surface area contributed by atoms with Crippen LogP contribution in [0.4, 0.5) is 4.79 Å². The molecule has 6 nitrogen and oxygen atoms in total. The third-order valence-corrected chi connectivity index (χ3v) is 3.11. The molecule has 0 aromatic carbocycles. The Hall–Kier alpha value is -1.59. The van der Waals surface area contributed by atoms with E-state index in [4.69, 9.17) is 9.47 Å². The van der Waals surface area contributed by atoms with Crippen LogP contribution in [0.5, 0.6) is 0 Å². The van der Waals surface area contributed by atoms with Crippen LogP contribution in [0, 0.1) is 0 Å². The van der Waals surface area contributed by atoms with E-state index in [2.05, 4.69) is 0 Å². The number of likely N-dealkylation sites (tertiary alicyclic amines) is 1. The molecule has 0 aromatic rings. The van der Waals surface area contributed by atoms with Crippen molar-refractivity contribution in [3.05, 3.63) is 0 Å². The Balaban J connectivity index is 2.88. The lowest BCUT2D eigenvalue weighted by atomic mass is 10.0. The summed E-state index contributed by atoms with van der Waals surface area (Å²) in [5.41, 5.74) is -0.630. The molecule has 0 aromatic heterocycles. The lowest BCUT2D eigenvalue weighted by molar-refractivity contribution is -0.150. The largest absolute Gasteiger partial charge is 0.464 e. The Labute approximate surface area is 125 Å². The highest BCUT2D eigenvalue weighted by Crippen LogP contribution is 2.19. The summed E-state index contributed by atoms with van der Waals surface area (Å²) in [7, 11) is 0. The van der Waals surface area contributed by atoms with Gasteiger partial charge < -0.3 is 9.47 Å². The van der Waals surface area contributed by atoms with Crippen LogP contribution in [0.25, 0.3) is 0 Å². The van der Waals surface area contributed by atoms with E-state index >= 15 is 0 Å². The van der Waals surface area contributed by atoms with Crippen LogP contribution in [-0.4, -0.2) is 47.5 Å². The van der Waals surface area contributed by atoms with Crippen LogP contribution in [-0.2, 0) is 19.1 Å². The van der Waals surface area contributed by atoms with Crippen LogP contribution >= 0.6 is 0 Å². The predicted molar refractivity (Wildman–Crippen MR) is 76.8 cm³/mol. The Bertz CT molecular complexity index is 399. The molecule has 0 bridgehead atoms. The zero-order valence-electron chi connectivity index (χ0n) is 13.3. The quantitative estimate of drug-likeness (QED) is 0.731. The molecule has 1 aliphatic heterocycles. The number of hydrogen-bond donors (Lipinski definition) is 0. The van der Waals surface area contributed by atoms with Crippen molar-refractivity contribution in [3.8, 4) is 0 Å². The molecule has 120 valence electrons. The van der Waals surface area contributed by atoms with Crippen molar-refractivity contribution >= 4 is 17.8 Å². The van der Waals surface area contributed by atoms with Gasteiger partial charge in [0, 0.05) is 19.4 Å². The van der Waals surface area contributed by atoms with Crippen molar-refractivity contribution < 1.29 is 23.9 Å². The molecule has 1 fully saturated rings. The predicted octanol–water partition coefficient (Wildman–Crippen LogP) is 2.30. The first-order valence-electron chi connectivity index (χ1n) is 7.42. The maximum atomic E-state index is 12.3.